The summed E-state index contributed by atoms with van der Waals surface area (Å²) < 4.78 is 28.8. The molecule has 0 spiro atoms. The molecule has 0 atom stereocenters. The van der Waals surface area contributed by atoms with E-state index in [9.17, 15) is 33.6 Å². The highest BCUT2D eigenvalue weighted by Crippen LogP contribution is 2.38. The minimum absolute atomic E-state index is 0.0235. The van der Waals surface area contributed by atoms with Crippen LogP contribution < -0.4 is 45.9 Å². The molecule has 2 saturated heterocycles. The van der Waals surface area contributed by atoms with Crippen molar-refractivity contribution >= 4 is 120 Å². The van der Waals surface area contributed by atoms with Crippen LogP contribution in [0.5, 0.6) is 23.0 Å². The molecule has 0 aliphatic carbocycles. The number of aldehydes is 1. The molecule has 128 heavy (non-hydrogen) atoms. The van der Waals surface area contributed by atoms with Crippen molar-refractivity contribution in [3.63, 3.8) is 0 Å². The zero-order chi connectivity index (χ0) is 94.0. The summed E-state index contributed by atoms with van der Waals surface area (Å²) in [4.78, 5) is 91.0. The van der Waals surface area contributed by atoms with Gasteiger partial charge < -0.3 is 79.1 Å². The Morgan fingerprint density at radius 1 is 0.414 bits per heavy atom. The van der Waals surface area contributed by atoms with Gasteiger partial charge in [0.15, 0.2) is 6.29 Å². The van der Waals surface area contributed by atoms with Gasteiger partial charge in [-0.2, -0.15) is 0 Å². The first-order valence-electron chi connectivity index (χ1n) is 43.3. The van der Waals surface area contributed by atoms with E-state index >= 15 is 0 Å². The van der Waals surface area contributed by atoms with Crippen LogP contribution in [0.3, 0.4) is 0 Å². The summed E-state index contributed by atoms with van der Waals surface area (Å²) in [5.41, 5.74) is 22.4. The minimum Gasteiger partial charge on any atom is -0.495 e. The fourth-order valence-electron chi connectivity index (χ4n) is 15.6. The first-order valence-corrected chi connectivity index (χ1v) is 43.3. The molecule has 4 aromatic heterocycles. The van der Waals surface area contributed by atoms with Gasteiger partial charge in [-0.1, -0.05) is 213 Å². The third-order valence-corrected chi connectivity index (χ3v) is 23.1. The smallest absolute Gasteiger partial charge is 0.352 e. The number of piperazine rings is 2. The number of fused-ring (bicyclic) bond motifs is 4. The van der Waals surface area contributed by atoms with E-state index in [-0.39, 0.29) is 51.2 Å². The van der Waals surface area contributed by atoms with Crippen LogP contribution in [0, 0.1) is 0 Å². The number of hydrogen-bond acceptors (Lipinski definition) is 14. The van der Waals surface area contributed by atoms with Gasteiger partial charge in [-0.15, -0.1) is 0 Å². The van der Waals surface area contributed by atoms with E-state index < -0.39 is 5.97 Å². The van der Waals surface area contributed by atoms with E-state index in [0.29, 0.717) is 81.2 Å². The molecule has 12 aromatic rings. The summed E-state index contributed by atoms with van der Waals surface area (Å²) in [6.45, 7) is 44.8. The van der Waals surface area contributed by atoms with Crippen LogP contribution in [-0.2, 0) is 66.0 Å². The Kier molecular flexibility index (Phi) is 33.0. The van der Waals surface area contributed by atoms with Crippen molar-refractivity contribution in [3.8, 4) is 23.0 Å². The first-order chi connectivity index (χ1) is 60.6. The van der Waals surface area contributed by atoms with Crippen molar-refractivity contribution < 1.29 is 57.6 Å². The molecule has 2 aliphatic heterocycles. The Hall–Kier alpha value is -13.2. The lowest BCUT2D eigenvalue weighted by atomic mass is 9.87. The SMILES string of the molecule is C=Cc1cccc2cc(C(=O)Nc3cc(C(C)(C)C)ccc3OC)n(C)c12.C=Cc1cccc2cc(C(=O)O)n(C)c12.CCC(=O)N1CCN(Cc2cccc3cc(C(=O)Nc4cc(C(C)(C)C)ccc4OC)n(C)c23)CC1.CCC(=O)N1CCNCC1.COc1ccc(C(C)(C)C)cc1N.COc1ccc(C(C)(C)C)cc1NC(=O)c1cc2cccc(C=O)c2n1C. The summed E-state index contributed by atoms with van der Waals surface area (Å²) in [7, 11) is 13.8. The number of carbonyl (C=O) groups is 7. The van der Waals surface area contributed by atoms with Crippen LogP contribution in [-0.4, -0.2) is 161 Å². The quantitative estimate of drug-likeness (QED) is 0.0344. The van der Waals surface area contributed by atoms with Crippen molar-refractivity contribution in [1.29, 1.82) is 0 Å². The van der Waals surface area contributed by atoms with Crippen molar-refractivity contribution in [2.75, 3.05) is 102 Å². The monoisotopic (exact) mass is 1740 g/mol. The third-order valence-electron chi connectivity index (χ3n) is 23.1. The molecule has 8 aromatic carbocycles. The first kappa shape index (κ1) is 98.6. The number of aromatic carboxylic acids is 1. The average molecular weight is 1740 g/mol. The Labute approximate surface area is 754 Å². The van der Waals surface area contributed by atoms with Crippen molar-refractivity contribution in [1.82, 2.24) is 38.3 Å². The predicted octanol–water partition coefficient (Wildman–Crippen LogP) is 19.6. The number of carboxylic acids is 1. The van der Waals surface area contributed by atoms with Crippen LogP contribution in [0.1, 0.15) is 201 Å². The van der Waals surface area contributed by atoms with Gasteiger partial charge >= 0.3 is 5.97 Å². The van der Waals surface area contributed by atoms with E-state index in [1.165, 1.54) is 11.1 Å². The largest absolute Gasteiger partial charge is 0.495 e. The van der Waals surface area contributed by atoms with Crippen LogP contribution in [0.15, 0.2) is 183 Å². The van der Waals surface area contributed by atoms with Crippen LogP contribution >= 0.6 is 0 Å². The number of methoxy groups -OCH3 is 4. The zero-order valence-corrected chi connectivity index (χ0v) is 78.7. The van der Waals surface area contributed by atoms with Gasteiger partial charge in [-0.25, -0.2) is 4.79 Å². The fraction of sp³-hybridized carbons (Fsp3) is 0.356. The second-order valence-electron chi connectivity index (χ2n) is 36.0. The van der Waals surface area contributed by atoms with Gasteiger partial charge in [0.05, 0.1) is 73.3 Å². The number of nitrogens with one attached hydrogen (secondary N) is 4. The molecule has 24 nitrogen and oxygen atoms in total. The molecule has 0 bridgehead atoms. The molecule has 14 rings (SSSR count). The standard InChI is InChI=1S/C29H38N4O3.C23H26N2O2.C22H24N2O3.C12H11NO2.C11H17NO.C7H14N2O/c1-7-26(34)33-15-13-32(14-16-33)19-21-10-8-9-20-17-24(31(5)27(20)21)28(35)30-23-18-22(29(2,3)4)11-12-25(23)36-6;1-7-15-9-8-10-16-13-19(25(5)21(15)16)22(26)24-18-14-17(23(2,3)4)11-12-20(18)27-6;1-22(2,3)16-9-10-19(27-5)17(12-16)23-21(26)18-11-14-7-6-8-15(13-25)20(14)24(18)4;1-3-8-5-4-6-9-7-10(12(14)15)13(2)11(8)9;1-11(2,3)8-5-6-10(13-4)9(12)7-8;1-2-7(10)9-5-3-8-4-6-9/h8-12,17-18H,7,13-16,19H2,1-6H3,(H,30,35);7-14H,1H2,2-6H3,(H,24,26);6-13H,1-5H3,(H,23,26);3-7H,1H2,2H3,(H,14,15);5-7H,12H2,1-4H3;8H,2-6H2,1H3. The maximum atomic E-state index is 13.4. The number of anilines is 4. The molecule has 2 fully saturated rings. The average Bonchev–Trinajstić information content (AvgIpc) is 1.65. The second-order valence-corrected chi connectivity index (χ2v) is 36.0. The van der Waals surface area contributed by atoms with Crippen molar-refractivity contribution in [2.24, 2.45) is 28.2 Å². The number of aromatic nitrogens is 4. The third kappa shape index (κ3) is 23.9. The number of nitrogens with zero attached hydrogens (tertiary/aromatic N) is 7. The number of rotatable bonds is 18. The molecule has 0 radical (unpaired) electrons. The van der Waals surface area contributed by atoms with E-state index in [1.807, 2.05) is 186 Å². The minimum atomic E-state index is -0.913. The van der Waals surface area contributed by atoms with Gasteiger partial charge in [0.2, 0.25) is 11.8 Å². The number of hydrogen-bond donors (Lipinski definition) is 6. The lowest BCUT2D eigenvalue weighted by molar-refractivity contribution is -0.133. The number of carboxylic acid groups (broad SMARTS) is 1. The number of aryl methyl sites for hydroxylation is 4. The molecule has 678 valence electrons. The van der Waals surface area contributed by atoms with Crippen molar-refractivity contribution in [3.05, 3.63) is 250 Å². The number of nitrogens with two attached hydrogens (primary N) is 1. The molecular weight excluding hydrogens is 1610 g/mol. The lowest BCUT2D eigenvalue weighted by Crippen LogP contribution is -2.48. The van der Waals surface area contributed by atoms with E-state index in [2.05, 4.69) is 135 Å². The van der Waals surface area contributed by atoms with Crippen LogP contribution in [0.2, 0.25) is 0 Å². The predicted molar refractivity (Wildman–Crippen MR) is 521 cm³/mol. The van der Waals surface area contributed by atoms with Gasteiger partial charge in [0.25, 0.3) is 17.7 Å². The molecule has 7 N–H and O–H groups in total. The van der Waals surface area contributed by atoms with Crippen molar-refractivity contribution in [2.45, 2.75) is 138 Å². The van der Waals surface area contributed by atoms with Gasteiger partial charge in [-0.05, 0) is 139 Å². The maximum Gasteiger partial charge on any atom is 0.352 e. The molecule has 2 aliphatic rings. The normalized spacial score (nSPS) is 12.9. The zero-order valence-electron chi connectivity index (χ0n) is 78.7. The number of ether oxygens (including phenoxy) is 4. The van der Waals surface area contributed by atoms with Gasteiger partial charge in [0, 0.05) is 127 Å². The highest BCUT2D eigenvalue weighted by molar-refractivity contribution is 6.11. The molecule has 24 heteroatoms. The maximum absolute atomic E-state index is 13.4. The Bertz CT molecular complexity index is 5850. The fourth-order valence-corrected chi connectivity index (χ4v) is 15.6. The molecule has 0 saturated carbocycles. The summed E-state index contributed by atoms with van der Waals surface area (Å²) in [5, 5.41) is 25.1. The number of para-hydroxylation sites is 4. The molecule has 6 heterocycles. The van der Waals surface area contributed by atoms with Gasteiger partial charge in [-0.3, -0.25) is 33.7 Å². The van der Waals surface area contributed by atoms with E-state index in [4.69, 9.17) is 29.8 Å². The Morgan fingerprint density at radius 2 is 0.727 bits per heavy atom. The number of amides is 5. The highest BCUT2D eigenvalue weighted by Gasteiger charge is 2.28. The molecule has 5 amide bonds. The number of benzene rings is 8. The summed E-state index contributed by atoms with van der Waals surface area (Å²) >= 11 is 0. The summed E-state index contributed by atoms with van der Waals surface area (Å²) in [6.07, 6.45) is 5.54. The van der Waals surface area contributed by atoms with E-state index in [1.54, 1.807) is 82.0 Å². The Balaban J connectivity index is 0.000000182. The lowest BCUT2D eigenvalue weighted by Gasteiger charge is -2.34. The van der Waals surface area contributed by atoms with E-state index in [0.717, 1.165) is 142 Å². The summed E-state index contributed by atoms with van der Waals surface area (Å²) in [6, 6.07) is 54.2. The molecular formula is C104H130N12O12. The number of nitrogen functional groups attached to an aromatic ring is 1. The molecule has 0 unspecified atom stereocenters. The number of carbonyl (C=O) groups excluding carboxylic acids is 6. The van der Waals surface area contributed by atoms with Gasteiger partial charge in [0.1, 0.15) is 45.8 Å². The summed E-state index contributed by atoms with van der Waals surface area (Å²) in [5.74, 6) is 1.61. The highest BCUT2D eigenvalue weighted by atomic mass is 16.5. The Morgan fingerprint density at radius 3 is 1.06 bits per heavy atom. The van der Waals surface area contributed by atoms with Crippen LogP contribution in [0.4, 0.5) is 22.7 Å². The van der Waals surface area contributed by atoms with Crippen LogP contribution in [0.25, 0.3) is 55.8 Å². The second kappa shape index (κ2) is 42.9. The topological polar surface area (TPSA) is 280 Å².